The van der Waals surface area contributed by atoms with Crippen molar-refractivity contribution in [2.24, 2.45) is 0 Å². The average molecular weight is 460 g/mol. The second-order valence-corrected chi connectivity index (χ2v) is 7.73. The van der Waals surface area contributed by atoms with Gasteiger partial charge in [-0.2, -0.15) is 0 Å². The number of benzene rings is 3. The van der Waals surface area contributed by atoms with E-state index >= 15 is 0 Å². The molecule has 2 aliphatic heterocycles. The molecule has 0 aliphatic carbocycles. The normalized spacial score (nSPS) is 13.9. The lowest BCUT2D eigenvalue weighted by Gasteiger charge is -2.36. The van der Waals surface area contributed by atoms with Crippen LogP contribution in [0.5, 0.6) is 23.0 Å². The fourth-order valence-corrected chi connectivity index (χ4v) is 4.26. The number of carbonyl (C=O) groups is 3. The van der Waals surface area contributed by atoms with Crippen molar-refractivity contribution in [2.45, 2.75) is 40.2 Å². The zero-order valence-electron chi connectivity index (χ0n) is 19.6. The topological polar surface area (TPSA) is 88.1 Å². The quantitative estimate of drug-likeness (QED) is 0.372. The first kappa shape index (κ1) is 23.0. The molecule has 0 saturated carbocycles. The molecule has 7 heteroatoms. The van der Waals surface area contributed by atoms with E-state index in [1.165, 1.54) is 13.8 Å². The smallest absolute Gasteiger partial charge is 0.340 e. The molecule has 5 rings (SSSR count). The van der Waals surface area contributed by atoms with E-state index in [-0.39, 0.29) is 0 Å². The highest BCUT2D eigenvalue weighted by Crippen LogP contribution is 2.57. The Balaban J connectivity index is 0.00000133. The zero-order chi connectivity index (χ0) is 24.6. The van der Waals surface area contributed by atoms with Crippen molar-refractivity contribution in [3.05, 3.63) is 82.4 Å². The summed E-state index contributed by atoms with van der Waals surface area (Å²) in [6.07, 6.45) is 0. The largest absolute Gasteiger partial charge is 0.456 e. The van der Waals surface area contributed by atoms with E-state index in [4.69, 9.17) is 18.9 Å². The fourth-order valence-electron chi connectivity index (χ4n) is 4.26. The van der Waals surface area contributed by atoms with Gasteiger partial charge in [0.15, 0.2) is 5.60 Å². The molecule has 3 aromatic rings. The average Bonchev–Trinajstić information content (AvgIpc) is 3.06. The van der Waals surface area contributed by atoms with Crippen LogP contribution in [-0.4, -0.2) is 17.9 Å². The number of aryl methyl sites for hydroxylation is 1. The second-order valence-electron chi connectivity index (χ2n) is 7.73. The third kappa shape index (κ3) is 3.69. The van der Waals surface area contributed by atoms with E-state index < -0.39 is 23.5 Å². The molecule has 0 amide bonds. The summed E-state index contributed by atoms with van der Waals surface area (Å²) in [5.74, 6) is -0.0910. The van der Waals surface area contributed by atoms with Crippen LogP contribution in [0.1, 0.15) is 60.3 Å². The maximum absolute atomic E-state index is 12.9. The van der Waals surface area contributed by atoms with E-state index in [0.29, 0.717) is 45.3 Å². The lowest BCUT2D eigenvalue weighted by Crippen LogP contribution is -2.33. The van der Waals surface area contributed by atoms with Crippen molar-refractivity contribution >= 4 is 17.9 Å². The molecule has 0 saturated heterocycles. The lowest BCUT2D eigenvalue weighted by atomic mass is 9.77. The molecule has 3 aromatic carbocycles. The molecule has 0 aromatic heterocycles. The summed E-state index contributed by atoms with van der Waals surface area (Å²) in [7, 11) is 0. The highest BCUT2D eigenvalue weighted by atomic mass is 16.6. The Labute approximate surface area is 197 Å². The van der Waals surface area contributed by atoms with E-state index in [1.807, 2.05) is 32.9 Å². The summed E-state index contributed by atoms with van der Waals surface area (Å²) in [5.41, 5.74) is 2.01. The Morgan fingerprint density at radius 3 is 1.76 bits per heavy atom. The van der Waals surface area contributed by atoms with E-state index in [2.05, 4.69) is 0 Å². The Morgan fingerprint density at radius 2 is 1.26 bits per heavy atom. The van der Waals surface area contributed by atoms with Gasteiger partial charge in [-0.05, 0) is 37.3 Å². The van der Waals surface area contributed by atoms with Crippen LogP contribution in [0.15, 0.2) is 54.6 Å². The van der Waals surface area contributed by atoms with Crippen molar-refractivity contribution in [3.8, 4) is 23.0 Å². The molecule has 0 unspecified atom stereocenters. The number of fused-ring (bicyclic) bond motifs is 6. The van der Waals surface area contributed by atoms with Gasteiger partial charge in [-0.25, -0.2) is 4.79 Å². The molecule has 0 radical (unpaired) electrons. The maximum Gasteiger partial charge on any atom is 0.340 e. The number of ether oxygens (including phenoxy) is 4. The molecule has 174 valence electrons. The molecule has 0 fully saturated rings. The monoisotopic (exact) mass is 460 g/mol. The molecule has 7 nitrogen and oxygen atoms in total. The van der Waals surface area contributed by atoms with Gasteiger partial charge in [-0.15, -0.1) is 0 Å². The highest BCUT2D eigenvalue weighted by Gasteiger charge is 2.53. The highest BCUT2D eigenvalue weighted by molar-refractivity contribution is 5.97. The minimum Gasteiger partial charge on any atom is -0.456 e. The van der Waals surface area contributed by atoms with Crippen molar-refractivity contribution in [1.29, 1.82) is 0 Å². The van der Waals surface area contributed by atoms with Crippen LogP contribution < -0.4 is 14.2 Å². The van der Waals surface area contributed by atoms with Gasteiger partial charge in [-0.1, -0.05) is 31.5 Å². The van der Waals surface area contributed by atoms with Crippen LogP contribution in [0.3, 0.4) is 0 Å². The Hall–Kier alpha value is -4.13. The molecule has 2 heterocycles. The standard InChI is InChI=1S/C25H18O7.C2H6/c1-13-4-7-19-18(10-13)24(28)32-25(19)20-8-5-16(29-14(2)26)11-22(20)31-23-12-17(30-15(3)27)6-9-21(23)25;1-2/h4-12H,1-3H3;1-2H3. The maximum atomic E-state index is 12.9. The molecule has 0 atom stereocenters. The first-order chi connectivity index (χ1) is 16.3. The molecule has 0 N–H and O–H groups in total. The van der Waals surface area contributed by atoms with E-state index in [9.17, 15) is 14.4 Å². The predicted octanol–water partition coefficient (Wildman–Crippen LogP) is 5.44. The zero-order valence-corrected chi connectivity index (χ0v) is 19.6. The molecule has 34 heavy (non-hydrogen) atoms. The van der Waals surface area contributed by atoms with Crippen LogP contribution in [-0.2, 0) is 19.9 Å². The van der Waals surface area contributed by atoms with Crippen LogP contribution >= 0.6 is 0 Å². The third-order valence-corrected chi connectivity index (χ3v) is 5.43. The molecular formula is C27H24O7. The number of esters is 3. The van der Waals surface area contributed by atoms with E-state index in [0.717, 1.165) is 5.56 Å². The lowest BCUT2D eigenvalue weighted by molar-refractivity contribution is -0.132. The molecule has 0 bridgehead atoms. The predicted molar refractivity (Wildman–Crippen MR) is 123 cm³/mol. The minimum atomic E-state index is -1.26. The molecular weight excluding hydrogens is 436 g/mol. The van der Waals surface area contributed by atoms with Gasteiger partial charge in [0.1, 0.15) is 23.0 Å². The van der Waals surface area contributed by atoms with Gasteiger partial charge in [-0.3, -0.25) is 9.59 Å². The van der Waals surface area contributed by atoms with Crippen LogP contribution in [0.4, 0.5) is 0 Å². The van der Waals surface area contributed by atoms with Gasteiger partial charge in [0, 0.05) is 42.7 Å². The Bertz CT molecular complexity index is 1260. The molecule has 2 aliphatic rings. The van der Waals surface area contributed by atoms with Gasteiger partial charge in [0.25, 0.3) is 0 Å². The summed E-state index contributed by atoms with van der Waals surface area (Å²) in [4.78, 5) is 35.8. The van der Waals surface area contributed by atoms with Crippen LogP contribution in [0, 0.1) is 6.92 Å². The van der Waals surface area contributed by atoms with Gasteiger partial charge in [0.2, 0.25) is 0 Å². The first-order valence-corrected chi connectivity index (χ1v) is 11.0. The first-order valence-electron chi connectivity index (χ1n) is 11.0. The Kier molecular flexibility index (Phi) is 5.87. The van der Waals surface area contributed by atoms with Gasteiger partial charge < -0.3 is 18.9 Å². The number of hydrogen-bond donors (Lipinski definition) is 0. The van der Waals surface area contributed by atoms with Gasteiger partial charge in [0.05, 0.1) is 5.56 Å². The Morgan fingerprint density at radius 1 is 0.765 bits per heavy atom. The third-order valence-electron chi connectivity index (χ3n) is 5.43. The summed E-state index contributed by atoms with van der Waals surface area (Å²) in [6.45, 7) is 8.51. The second kappa shape index (κ2) is 8.67. The number of carbonyl (C=O) groups excluding carboxylic acids is 3. The van der Waals surface area contributed by atoms with Crippen LogP contribution in [0.2, 0.25) is 0 Å². The van der Waals surface area contributed by atoms with Crippen molar-refractivity contribution in [1.82, 2.24) is 0 Å². The summed E-state index contributed by atoms with van der Waals surface area (Å²) in [6, 6.07) is 15.4. The summed E-state index contributed by atoms with van der Waals surface area (Å²) < 4.78 is 22.6. The van der Waals surface area contributed by atoms with Crippen molar-refractivity contribution in [3.63, 3.8) is 0 Å². The van der Waals surface area contributed by atoms with Crippen molar-refractivity contribution in [2.75, 3.05) is 0 Å². The summed E-state index contributed by atoms with van der Waals surface area (Å²) in [5, 5.41) is 0. The SMILES string of the molecule is CC.CC(=O)Oc1ccc2c(c1)Oc1cc(OC(C)=O)ccc1C21OC(=O)c2cc(C)ccc21. The number of hydrogen-bond acceptors (Lipinski definition) is 7. The summed E-state index contributed by atoms with van der Waals surface area (Å²) >= 11 is 0. The van der Waals surface area contributed by atoms with Crippen LogP contribution in [0.25, 0.3) is 0 Å². The van der Waals surface area contributed by atoms with Crippen molar-refractivity contribution < 1.29 is 33.3 Å². The molecule has 1 spiro atoms. The minimum absolute atomic E-state index is 0.291. The van der Waals surface area contributed by atoms with Gasteiger partial charge >= 0.3 is 17.9 Å². The fraction of sp³-hybridized carbons (Fsp3) is 0.222. The number of rotatable bonds is 2. The van der Waals surface area contributed by atoms with E-state index in [1.54, 1.807) is 42.5 Å².